The third-order valence-corrected chi connectivity index (χ3v) is 14.7. The van der Waals surface area contributed by atoms with Crippen molar-refractivity contribution in [3.63, 3.8) is 0 Å². The van der Waals surface area contributed by atoms with Crippen molar-refractivity contribution in [2.45, 2.75) is 246 Å². The summed E-state index contributed by atoms with van der Waals surface area (Å²) < 4.78 is 0. The molecule has 0 saturated heterocycles. The summed E-state index contributed by atoms with van der Waals surface area (Å²) in [7, 11) is 0. The molecule has 0 spiro atoms. The molecule has 2 atom stereocenters. The van der Waals surface area contributed by atoms with E-state index in [1.54, 1.807) is 11.1 Å². The average Bonchev–Trinajstić information content (AvgIpc) is 3.28. The first-order valence-electron chi connectivity index (χ1n) is 27.4. The minimum atomic E-state index is 0.817. The summed E-state index contributed by atoms with van der Waals surface area (Å²) in [4.78, 5) is 0. The summed E-state index contributed by atoms with van der Waals surface area (Å²) in [6, 6.07) is 29.7. The highest BCUT2D eigenvalue weighted by molar-refractivity contribution is 6.08. The molecule has 0 amide bonds. The minimum Gasteiger partial charge on any atom is -0.0654 e. The Bertz CT molecular complexity index is 1790. The first kappa shape index (κ1) is 50.1. The highest BCUT2D eigenvalue weighted by atomic mass is 14.2. The predicted octanol–water partition coefficient (Wildman–Crippen LogP) is 21.2. The zero-order valence-electron chi connectivity index (χ0n) is 41.1. The second-order valence-corrected chi connectivity index (χ2v) is 20.4. The number of benzene rings is 5. The molecule has 0 aromatic heterocycles. The smallest absolute Gasteiger partial charge is 0.0171 e. The van der Waals surface area contributed by atoms with Gasteiger partial charge >= 0.3 is 0 Å². The Labute approximate surface area is 383 Å². The van der Waals surface area contributed by atoms with Crippen LogP contribution in [0.2, 0.25) is 0 Å². The van der Waals surface area contributed by atoms with Crippen molar-refractivity contribution in [2.24, 2.45) is 11.8 Å². The van der Waals surface area contributed by atoms with Gasteiger partial charge in [-0.2, -0.15) is 0 Å². The highest BCUT2D eigenvalue weighted by Gasteiger charge is 2.14. The lowest BCUT2D eigenvalue weighted by atomic mass is 9.87. The van der Waals surface area contributed by atoms with E-state index in [9.17, 15) is 0 Å². The Hall–Kier alpha value is -2.86. The first-order valence-corrected chi connectivity index (χ1v) is 27.4. The monoisotopic (exact) mass is 839 g/mol. The lowest BCUT2D eigenvalue weighted by Gasteiger charge is -2.18. The Kier molecular flexibility index (Phi) is 24.5. The van der Waals surface area contributed by atoms with E-state index in [2.05, 4.69) is 100 Å². The van der Waals surface area contributed by atoms with Crippen molar-refractivity contribution in [1.29, 1.82) is 0 Å². The number of hydrogen-bond donors (Lipinski definition) is 0. The van der Waals surface area contributed by atoms with E-state index in [0.29, 0.717) is 0 Å². The molecule has 0 nitrogen and oxygen atoms in total. The molecule has 5 aromatic carbocycles. The van der Waals surface area contributed by atoms with Gasteiger partial charge in [0.05, 0.1) is 0 Å². The van der Waals surface area contributed by atoms with E-state index in [-0.39, 0.29) is 0 Å². The van der Waals surface area contributed by atoms with Gasteiger partial charge in [0, 0.05) is 0 Å². The van der Waals surface area contributed by atoms with Crippen LogP contribution in [0.4, 0.5) is 0 Å². The Balaban J connectivity index is 1.25. The molecule has 5 aromatic rings. The third-order valence-electron chi connectivity index (χ3n) is 14.7. The van der Waals surface area contributed by atoms with E-state index < -0.39 is 0 Å². The van der Waals surface area contributed by atoms with Crippen LogP contribution in [0.1, 0.15) is 244 Å². The highest BCUT2D eigenvalue weighted by Crippen LogP contribution is 2.33. The van der Waals surface area contributed by atoms with Gasteiger partial charge in [-0.3, -0.25) is 0 Å². The molecule has 0 heterocycles. The average molecular weight is 839 g/mol. The number of fused-ring (bicyclic) bond motifs is 4. The molecular weight excluding hydrogens is 745 g/mol. The third kappa shape index (κ3) is 18.3. The molecule has 0 heteroatoms. The van der Waals surface area contributed by atoms with Crippen LogP contribution in [0.25, 0.3) is 43.1 Å². The van der Waals surface area contributed by atoms with Crippen molar-refractivity contribution < 1.29 is 0 Å². The molecule has 0 N–H and O–H groups in total. The molecule has 0 radical (unpaired) electrons. The van der Waals surface area contributed by atoms with Crippen LogP contribution in [0, 0.1) is 11.8 Å². The Morgan fingerprint density at radius 3 is 0.742 bits per heavy atom. The molecule has 5 rings (SSSR count). The SMILES string of the molecule is CCCCCCCCCCC(CCCCCCCC)Cc1ccc2cc3cc4cc5ccc(CC(CCCCCCCC)CCCCCCCCCC)cc5cc4cc3cc2c1. The lowest BCUT2D eigenvalue weighted by Crippen LogP contribution is -2.05. The second-order valence-electron chi connectivity index (χ2n) is 20.4. The molecule has 0 saturated carbocycles. The molecule has 0 aliphatic rings. The van der Waals surface area contributed by atoms with Crippen LogP contribution in [0.3, 0.4) is 0 Å². The lowest BCUT2D eigenvalue weighted by molar-refractivity contribution is 0.400. The van der Waals surface area contributed by atoms with Crippen LogP contribution in [0.5, 0.6) is 0 Å². The van der Waals surface area contributed by atoms with Gasteiger partial charge in [-0.25, -0.2) is 0 Å². The summed E-state index contributed by atoms with van der Waals surface area (Å²) in [5, 5.41) is 11.1. The minimum absolute atomic E-state index is 0.817. The summed E-state index contributed by atoms with van der Waals surface area (Å²) >= 11 is 0. The van der Waals surface area contributed by atoms with Crippen molar-refractivity contribution in [3.8, 4) is 0 Å². The van der Waals surface area contributed by atoms with Crippen molar-refractivity contribution >= 4 is 43.1 Å². The van der Waals surface area contributed by atoms with Gasteiger partial charge in [-0.1, -0.05) is 270 Å². The van der Waals surface area contributed by atoms with Gasteiger partial charge in [-0.05, 0) is 115 Å². The maximum atomic E-state index is 2.54. The maximum Gasteiger partial charge on any atom is -0.0171 e. The van der Waals surface area contributed by atoms with Crippen LogP contribution in [0.15, 0.2) is 72.8 Å². The molecule has 342 valence electrons. The van der Waals surface area contributed by atoms with Crippen molar-refractivity contribution in [2.75, 3.05) is 0 Å². The largest absolute Gasteiger partial charge is 0.0654 e. The molecule has 0 aliphatic carbocycles. The van der Waals surface area contributed by atoms with E-state index >= 15 is 0 Å². The number of rotatable bonds is 36. The van der Waals surface area contributed by atoms with E-state index in [1.807, 2.05) is 0 Å². The Morgan fingerprint density at radius 2 is 0.468 bits per heavy atom. The summed E-state index contributed by atoms with van der Waals surface area (Å²) in [6.45, 7) is 9.30. The topological polar surface area (TPSA) is 0 Å². The summed E-state index contributed by atoms with van der Waals surface area (Å²) in [5.41, 5.74) is 3.09. The summed E-state index contributed by atoms with van der Waals surface area (Å²) in [5.74, 6) is 1.63. The fraction of sp³-hybridized carbons (Fsp3) is 0.645. The van der Waals surface area contributed by atoms with Gasteiger partial charge in [0.25, 0.3) is 0 Å². The molecule has 0 fully saturated rings. The van der Waals surface area contributed by atoms with E-state index in [0.717, 1.165) is 11.8 Å². The van der Waals surface area contributed by atoms with Gasteiger partial charge in [0.2, 0.25) is 0 Å². The fourth-order valence-corrected chi connectivity index (χ4v) is 10.8. The Morgan fingerprint density at radius 1 is 0.242 bits per heavy atom. The predicted molar refractivity (Wildman–Crippen MR) is 281 cm³/mol. The van der Waals surface area contributed by atoms with E-state index in [4.69, 9.17) is 0 Å². The number of unbranched alkanes of at least 4 members (excludes halogenated alkanes) is 24. The van der Waals surface area contributed by atoms with Crippen molar-refractivity contribution in [3.05, 3.63) is 83.9 Å². The maximum absolute atomic E-state index is 2.54. The molecular formula is C62H94. The molecule has 62 heavy (non-hydrogen) atoms. The van der Waals surface area contributed by atoms with Gasteiger partial charge in [-0.15, -0.1) is 0 Å². The normalized spacial score (nSPS) is 13.0. The van der Waals surface area contributed by atoms with Crippen LogP contribution in [-0.2, 0) is 12.8 Å². The van der Waals surface area contributed by atoms with Crippen LogP contribution < -0.4 is 0 Å². The van der Waals surface area contributed by atoms with Gasteiger partial charge < -0.3 is 0 Å². The zero-order valence-corrected chi connectivity index (χ0v) is 41.1. The quantitative estimate of drug-likeness (QED) is 0.0278. The summed E-state index contributed by atoms with van der Waals surface area (Å²) in [6.07, 6.45) is 47.6. The second kappa shape index (κ2) is 30.3. The van der Waals surface area contributed by atoms with Gasteiger partial charge in [0.15, 0.2) is 0 Å². The fourth-order valence-electron chi connectivity index (χ4n) is 10.8. The first-order chi connectivity index (χ1) is 30.6. The molecule has 0 aliphatic heterocycles. The van der Waals surface area contributed by atoms with Crippen LogP contribution >= 0.6 is 0 Å². The van der Waals surface area contributed by atoms with Gasteiger partial charge in [0.1, 0.15) is 0 Å². The molecule has 0 bridgehead atoms. The molecule has 2 unspecified atom stereocenters. The van der Waals surface area contributed by atoms with Crippen LogP contribution in [-0.4, -0.2) is 0 Å². The van der Waals surface area contributed by atoms with Crippen molar-refractivity contribution in [1.82, 2.24) is 0 Å². The number of hydrogen-bond acceptors (Lipinski definition) is 0. The van der Waals surface area contributed by atoms with E-state index in [1.165, 1.54) is 261 Å². The standard InChI is InChI=1S/C62H94/c1-5-9-13-17-21-23-27-31-35-51(33-29-25-19-15-11-7-3)41-53-37-39-55-45-59-49-60-46-56-40-38-54(44-58(56)48-62(60)50-61(59)47-57(55)43-53)42-52(34-30-26-20-16-12-8-4)36-32-28-24-22-18-14-10-6-2/h37-40,43-52H,5-36,41-42H2,1-4H3. The zero-order chi connectivity index (χ0) is 43.5.